The molecule has 1 atom stereocenters. The second-order valence-electron chi connectivity index (χ2n) is 7.05. The van der Waals surface area contributed by atoms with E-state index in [1.165, 1.54) is 12.1 Å². The first kappa shape index (κ1) is 18.0. The van der Waals surface area contributed by atoms with Gasteiger partial charge in [0.05, 0.1) is 11.1 Å². The van der Waals surface area contributed by atoms with Crippen molar-refractivity contribution >= 4 is 11.1 Å². The highest BCUT2D eigenvalue weighted by Crippen LogP contribution is 2.34. The van der Waals surface area contributed by atoms with Gasteiger partial charge in [0.25, 0.3) is 12.1 Å². The largest absolute Gasteiger partial charge is 0.336 e. The van der Waals surface area contributed by atoms with Crippen molar-refractivity contribution in [2.75, 3.05) is 13.1 Å². The maximum atomic E-state index is 13.9. The number of hydrogen-bond donors (Lipinski definition) is 0. The van der Waals surface area contributed by atoms with E-state index in [-0.39, 0.29) is 23.0 Å². The minimum atomic E-state index is -2.62. The van der Waals surface area contributed by atoms with Gasteiger partial charge in [-0.05, 0) is 38.4 Å². The standard InChI is InChI=1S/C20H20F3N3O/c1-12-18-15(19(22)23)9-17(24-20(18)27-25-12)14-6-4-8-26(11-14)10-13-5-2-3-7-16(13)21/h2-3,5,7,9,14,19H,4,6,8,10-11H2,1H3/t14-/m0/s1. The lowest BCUT2D eigenvalue weighted by molar-refractivity contribution is 0.152. The Hall–Kier alpha value is -2.41. The molecule has 0 radical (unpaired) electrons. The number of fused-ring (bicyclic) bond motifs is 1. The summed E-state index contributed by atoms with van der Waals surface area (Å²) in [6, 6.07) is 8.19. The van der Waals surface area contributed by atoms with Crippen molar-refractivity contribution in [2.24, 2.45) is 0 Å². The highest BCUT2D eigenvalue weighted by Gasteiger charge is 2.27. The van der Waals surface area contributed by atoms with Crippen LogP contribution in [0, 0.1) is 12.7 Å². The summed E-state index contributed by atoms with van der Waals surface area (Å²) in [5, 5.41) is 4.08. The summed E-state index contributed by atoms with van der Waals surface area (Å²) >= 11 is 0. The van der Waals surface area contributed by atoms with E-state index in [1.54, 1.807) is 19.1 Å². The Morgan fingerprint density at radius 3 is 2.89 bits per heavy atom. The lowest BCUT2D eigenvalue weighted by Gasteiger charge is -2.32. The summed E-state index contributed by atoms with van der Waals surface area (Å²) in [5.74, 6) is -0.228. The fourth-order valence-corrected chi connectivity index (χ4v) is 3.84. The first-order valence-corrected chi connectivity index (χ1v) is 9.03. The van der Waals surface area contributed by atoms with Crippen molar-refractivity contribution in [3.63, 3.8) is 0 Å². The number of aryl methyl sites for hydroxylation is 1. The first-order chi connectivity index (χ1) is 13.0. The van der Waals surface area contributed by atoms with Gasteiger partial charge in [-0.1, -0.05) is 23.4 Å². The zero-order valence-corrected chi connectivity index (χ0v) is 15.0. The van der Waals surface area contributed by atoms with Crippen molar-refractivity contribution in [2.45, 2.75) is 38.7 Å². The number of piperidine rings is 1. The third-order valence-electron chi connectivity index (χ3n) is 5.18. The van der Waals surface area contributed by atoms with Crippen molar-refractivity contribution in [1.82, 2.24) is 15.0 Å². The van der Waals surface area contributed by atoms with E-state index in [9.17, 15) is 13.2 Å². The molecule has 0 aliphatic carbocycles. The Morgan fingerprint density at radius 2 is 2.11 bits per heavy atom. The summed E-state index contributed by atoms with van der Waals surface area (Å²) in [6.07, 6.45) is -0.870. The van der Waals surface area contributed by atoms with E-state index in [0.29, 0.717) is 35.4 Å². The second-order valence-corrected chi connectivity index (χ2v) is 7.05. The van der Waals surface area contributed by atoms with Crippen LogP contribution < -0.4 is 0 Å². The van der Waals surface area contributed by atoms with Crippen LogP contribution in [0.1, 0.15) is 47.7 Å². The lowest BCUT2D eigenvalue weighted by atomic mass is 9.92. The van der Waals surface area contributed by atoms with Gasteiger partial charge in [-0.2, -0.15) is 0 Å². The van der Waals surface area contributed by atoms with Gasteiger partial charge >= 0.3 is 0 Å². The van der Waals surface area contributed by atoms with E-state index in [0.717, 1.165) is 19.4 Å². The number of nitrogens with zero attached hydrogens (tertiary/aromatic N) is 3. The third-order valence-corrected chi connectivity index (χ3v) is 5.18. The molecular weight excluding hydrogens is 355 g/mol. The van der Waals surface area contributed by atoms with Crippen LogP contribution in [0.15, 0.2) is 34.9 Å². The Bertz CT molecular complexity index is 957. The predicted molar refractivity (Wildman–Crippen MR) is 95.2 cm³/mol. The number of halogens is 3. The molecule has 142 valence electrons. The Labute approximate surface area is 155 Å². The molecule has 0 bridgehead atoms. The summed E-state index contributed by atoms with van der Waals surface area (Å²) in [7, 11) is 0. The molecule has 0 unspecified atom stereocenters. The van der Waals surface area contributed by atoms with Crippen molar-refractivity contribution in [3.05, 3.63) is 58.7 Å². The molecule has 3 aromatic rings. The van der Waals surface area contributed by atoms with Gasteiger partial charge in [0.1, 0.15) is 5.82 Å². The van der Waals surface area contributed by atoms with Gasteiger partial charge < -0.3 is 4.52 Å². The van der Waals surface area contributed by atoms with E-state index in [1.807, 2.05) is 6.07 Å². The number of aromatic nitrogens is 2. The van der Waals surface area contributed by atoms with Crippen LogP contribution in [-0.4, -0.2) is 28.1 Å². The Morgan fingerprint density at radius 1 is 1.30 bits per heavy atom. The summed E-state index contributed by atoms with van der Waals surface area (Å²) < 4.78 is 46.2. The maximum absolute atomic E-state index is 13.9. The van der Waals surface area contributed by atoms with Crippen LogP contribution in [0.25, 0.3) is 11.1 Å². The number of pyridine rings is 1. The van der Waals surface area contributed by atoms with Crippen LogP contribution in [0.4, 0.5) is 13.2 Å². The molecule has 0 N–H and O–H groups in total. The van der Waals surface area contributed by atoms with Gasteiger partial charge in [-0.3, -0.25) is 4.90 Å². The van der Waals surface area contributed by atoms with Crippen molar-refractivity contribution in [3.8, 4) is 0 Å². The number of rotatable bonds is 4. The predicted octanol–water partition coefficient (Wildman–Crippen LogP) is 4.99. The molecule has 1 aliphatic heterocycles. The van der Waals surface area contributed by atoms with Crippen LogP contribution in [-0.2, 0) is 6.54 Å². The van der Waals surface area contributed by atoms with Gasteiger partial charge in [-0.25, -0.2) is 18.2 Å². The minimum Gasteiger partial charge on any atom is -0.336 e. The quantitative estimate of drug-likeness (QED) is 0.644. The molecule has 1 saturated heterocycles. The monoisotopic (exact) mass is 375 g/mol. The van der Waals surface area contributed by atoms with Crippen LogP contribution in [0.2, 0.25) is 0 Å². The molecule has 1 aromatic carbocycles. The molecule has 4 rings (SSSR count). The van der Waals surface area contributed by atoms with E-state index < -0.39 is 6.43 Å². The molecule has 1 aliphatic rings. The third kappa shape index (κ3) is 3.56. The number of likely N-dealkylation sites (tertiary alicyclic amines) is 1. The number of alkyl halides is 2. The van der Waals surface area contributed by atoms with Crippen molar-refractivity contribution in [1.29, 1.82) is 0 Å². The Kier molecular flexibility index (Phi) is 4.86. The van der Waals surface area contributed by atoms with E-state index >= 15 is 0 Å². The lowest BCUT2D eigenvalue weighted by Crippen LogP contribution is -2.34. The topological polar surface area (TPSA) is 42.2 Å². The molecule has 2 aromatic heterocycles. The fraction of sp³-hybridized carbons (Fsp3) is 0.400. The molecule has 0 amide bonds. The normalized spacial score (nSPS) is 18.5. The SMILES string of the molecule is Cc1noc2nc([C@H]3CCCN(Cc4ccccc4F)C3)cc(C(F)F)c12. The molecule has 1 fully saturated rings. The molecule has 0 spiro atoms. The highest BCUT2D eigenvalue weighted by atomic mass is 19.3. The minimum absolute atomic E-state index is 0.00201. The number of benzene rings is 1. The zero-order chi connectivity index (χ0) is 19.0. The Balaban J connectivity index is 1.60. The van der Waals surface area contributed by atoms with Gasteiger partial charge in [0.2, 0.25) is 0 Å². The van der Waals surface area contributed by atoms with E-state index in [4.69, 9.17) is 4.52 Å². The molecule has 4 nitrogen and oxygen atoms in total. The highest BCUT2D eigenvalue weighted by molar-refractivity contribution is 5.80. The molecule has 27 heavy (non-hydrogen) atoms. The second kappa shape index (κ2) is 7.31. The molecule has 3 heterocycles. The van der Waals surface area contributed by atoms with Gasteiger partial charge in [-0.15, -0.1) is 0 Å². The molecule has 7 heteroatoms. The van der Waals surface area contributed by atoms with Crippen LogP contribution in [0.3, 0.4) is 0 Å². The average molecular weight is 375 g/mol. The van der Waals surface area contributed by atoms with E-state index in [2.05, 4.69) is 15.0 Å². The maximum Gasteiger partial charge on any atom is 0.264 e. The molecular formula is C20H20F3N3O. The van der Waals surface area contributed by atoms with Gasteiger partial charge in [0.15, 0.2) is 0 Å². The summed E-state index contributed by atoms with van der Waals surface area (Å²) in [4.78, 5) is 6.60. The average Bonchev–Trinajstić information content (AvgIpc) is 3.04. The molecule has 0 saturated carbocycles. The summed E-state index contributed by atoms with van der Waals surface area (Å²) in [5.41, 5.74) is 1.73. The first-order valence-electron chi connectivity index (χ1n) is 9.03. The van der Waals surface area contributed by atoms with Crippen molar-refractivity contribution < 1.29 is 17.7 Å². The number of hydrogen-bond acceptors (Lipinski definition) is 4. The smallest absolute Gasteiger partial charge is 0.264 e. The van der Waals surface area contributed by atoms with Crippen LogP contribution in [0.5, 0.6) is 0 Å². The van der Waals surface area contributed by atoms with Gasteiger partial charge in [0, 0.05) is 35.8 Å². The fourth-order valence-electron chi connectivity index (χ4n) is 3.84. The van der Waals surface area contributed by atoms with Crippen LogP contribution >= 0.6 is 0 Å². The summed E-state index contributed by atoms with van der Waals surface area (Å²) in [6.45, 7) is 3.61. The zero-order valence-electron chi connectivity index (χ0n) is 15.0.